The minimum Gasteiger partial charge on any atom is -0.385 e. The Labute approximate surface area is 112 Å². The second-order valence-electron chi connectivity index (χ2n) is 5.21. The van der Waals surface area contributed by atoms with Crippen LogP contribution in [0.2, 0.25) is 0 Å². The van der Waals surface area contributed by atoms with Crippen molar-refractivity contribution in [3.63, 3.8) is 0 Å². The third-order valence-electron chi connectivity index (χ3n) is 3.81. The standard InChI is InChI=1S/C14H30N2O2/c1-4-13(2)14-12-16(7-6-15-14)8-11-18-10-5-9-17-3/h13-15H,4-12H2,1-3H3. The quantitative estimate of drug-likeness (QED) is 0.633. The van der Waals surface area contributed by atoms with Gasteiger partial charge in [0.1, 0.15) is 0 Å². The lowest BCUT2D eigenvalue weighted by molar-refractivity contribution is 0.0720. The van der Waals surface area contributed by atoms with Crippen LogP contribution in [0.4, 0.5) is 0 Å². The van der Waals surface area contributed by atoms with Gasteiger partial charge in [0.2, 0.25) is 0 Å². The zero-order valence-corrected chi connectivity index (χ0v) is 12.3. The summed E-state index contributed by atoms with van der Waals surface area (Å²) in [5, 5.41) is 3.62. The van der Waals surface area contributed by atoms with E-state index in [1.54, 1.807) is 7.11 Å². The first-order valence-electron chi connectivity index (χ1n) is 7.30. The molecule has 0 aromatic carbocycles. The molecule has 4 heteroatoms. The first-order chi connectivity index (χ1) is 8.77. The maximum atomic E-state index is 5.62. The largest absolute Gasteiger partial charge is 0.385 e. The van der Waals surface area contributed by atoms with Crippen LogP contribution in [0, 0.1) is 5.92 Å². The molecule has 1 aliphatic rings. The third-order valence-corrected chi connectivity index (χ3v) is 3.81. The number of piperazine rings is 1. The van der Waals surface area contributed by atoms with Crippen LogP contribution in [0.1, 0.15) is 26.7 Å². The van der Waals surface area contributed by atoms with E-state index in [9.17, 15) is 0 Å². The molecule has 2 atom stereocenters. The predicted octanol–water partition coefficient (Wildman–Crippen LogP) is 1.36. The van der Waals surface area contributed by atoms with Crippen molar-refractivity contribution in [2.75, 3.05) is 53.1 Å². The molecule has 0 saturated carbocycles. The molecule has 0 radical (unpaired) electrons. The highest BCUT2D eigenvalue weighted by atomic mass is 16.5. The van der Waals surface area contributed by atoms with Gasteiger partial charge in [-0.2, -0.15) is 0 Å². The molecule has 1 aliphatic heterocycles. The fourth-order valence-corrected chi connectivity index (χ4v) is 2.31. The van der Waals surface area contributed by atoms with Crippen molar-refractivity contribution in [1.29, 1.82) is 0 Å². The molecule has 0 aromatic heterocycles. The number of methoxy groups -OCH3 is 1. The van der Waals surface area contributed by atoms with Crippen LogP contribution >= 0.6 is 0 Å². The highest BCUT2D eigenvalue weighted by Gasteiger charge is 2.22. The summed E-state index contributed by atoms with van der Waals surface area (Å²) in [6.45, 7) is 11.5. The summed E-state index contributed by atoms with van der Waals surface area (Å²) >= 11 is 0. The lowest BCUT2D eigenvalue weighted by Crippen LogP contribution is -2.53. The van der Waals surface area contributed by atoms with Gasteiger partial charge >= 0.3 is 0 Å². The number of nitrogens with one attached hydrogen (secondary N) is 1. The molecule has 0 bridgehead atoms. The molecule has 108 valence electrons. The smallest absolute Gasteiger partial charge is 0.0593 e. The molecule has 0 spiro atoms. The van der Waals surface area contributed by atoms with Gasteiger partial charge in [-0.3, -0.25) is 4.90 Å². The summed E-state index contributed by atoms with van der Waals surface area (Å²) in [6, 6.07) is 0.650. The van der Waals surface area contributed by atoms with Crippen molar-refractivity contribution in [3.05, 3.63) is 0 Å². The van der Waals surface area contributed by atoms with Crippen molar-refractivity contribution in [3.8, 4) is 0 Å². The summed E-state index contributed by atoms with van der Waals surface area (Å²) in [6.07, 6.45) is 2.24. The molecule has 2 unspecified atom stereocenters. The monoisotopic (exact) mass is 258 g/mol. The molecule has 1 heterocycles. The minimum absolute atomic E-state index is 0.650. The summed E-state index contributed by atoms with van der Waals surface area (Å²) in [5.41, 5.74) is 0. The maximum Gasteiger partial charge on any atom is 0.0593 e. The Balaban J connectivity index is 2.07. The Morgan fingerprint density at radius 1 is 1.33 bits per heavy atom. The van der Waals surface area contributed by atoms with Crippen LogP contribution in [0.25, 0.3) is 0 Å². The average molecular weight is 258 g/mol. The fraction of sp³-hybridized carbons (Fsp3) is 1.00. The molecule has 18 heavy (non-hydrogen) atoms. The van der Waals surface area contributed by atoms with E-state index < -0.39 is 0 Å². The highest BCUT2D eigenvalue weighted by Crippen LogP contribution is 2.11. The van der Waals surface area contributed by atoms with E-state index in [4.69, 9.17) is 9.47 Å². The third kappa shape index (κ3) is 6.14. The topological polar surface area (TPSA) is 33.7 Å². The minimum atomic E-state index is 0.650. The summed E-state index contributed by atoms with van der Waals surface area (Å²) in [5.74, 6) is 0.760. The van der Waals surface area contributed by atoms with E-state index >= 15 is 0 Å². The van der Waals surface area contributed by atoms with E-state index in [0.29, 0.717) is 6.04 Å². The van der Waals surface area contributed by atoms with E-state index in [1.807, 2.05) is 0 Å². The Morgan fingerprint density at radius 2 is 2.17 bits per heavy atom. The van der Waals surface area contributed by atoms with Gasteiger partial charge < -0.3 is 14.8 Å². The molecule has 0 aliphatic carbocycles. The van der Waals surface area contributed by atoms with E-state index in [0.717, 1.165) is 58.3 Å². The van der Waals surface area contributed by atoms with E-state index in [-0.39, 0.29) is 0 Å². The Morgan fingerprint density at radius 3 is 2.89 bits per heavy atom. The SMILES string of the molecule is CCC(C)C1CN(CCOCCCOC)CCN1. The van der Waals surface area contributed by atoms with Gasteiger partial charge in [-0.05, 0) is 12.3 Å². The zero-order valence-electron chi connectivity index (χ0n) is 12.3. The van der Waals surface area contributed by atoms with Crippen molar-refractivity contribution in [2.45, 2.75) is 32.7 Å². The second kappa shape index (κ2) is 9.73. The summed E-state index contributed by atoms with van der Waals surface area (Å²) in [4.78, 5) is 2.52. The first-order valence-corrected chi connectivity index (χ1v) is 7.30. The molecule has 1 saturated heterocycles. The van der Waals surface area contributed by atoms with Crippen molar-refractivity contribution < 1.29 is 9.47 Å². The second-order valence-corrected chi connectivity index (χ2v) is 5.21. The molecule has 1 fully saturated rings. The summed E-state index contributed by atoms with van der Waals surface area (Å²) < 4.78 is 10.6. The zero-order chi connectivity index (χ0) is 13.2. The van der Waals surface area contributed by atoms with Gasteiger partial charge in [0.05, 0.1) is 6.61 Å². The molecule has 0 aromatic rings. The van der Waals surface area contributed by atoms with Gasteiger partial charge in [-0.15, -0.1) is 0 Å². The molecular weight excluding hydrogens is 228 g/mol. The van der Waals surface area contributed by atoms with Gasteiger partial charge in [-0.25, -0.2) is 0 Å². The normalized spacial score (nSPS) is 23.2. The van der Waals surface area contributed by atoms with Crippen LogP contribution in [0.15, 0.2) is 0 Å². The average Bonchev–Trinajstić information content (AvgIpc) is 2.42. The fourth-order valence-electron chi connectivity index (χ4n) is 2.31. The van der Waals surface area contributed by atoms with Crippen molar-refractivity contribution >= 4 is 0 Å². The molecule has 4 nitrogen and oxygen atoms in total. The van der Waals surface area contributed by atoms with Crippen LogP contribution < -0.4 is 5.32 Å². The van der Waals surface area contributed by atoms with Crippen LogP contribution in [-0.4, -0.2) is 64.1 Å². The van der Waals surface area contributed by atoms with E-state index in [2.05, 4.69) is 24.1 Å². The Bertz CT molecular complexity index is 202. The Hall–Kier alpha value is -0.160. The summed E-state index contributed by atoms with van der Waals surface area (Å²) in [7, 11) is 1.73. The molecule has 1 rings (SSSR count). The predicted molar refractivity (Wildman–Crippen MR) is 75.0 cm³/mol. The number of hydrogen-bond acceptors (Lipinski definition) is 4. The van der Waals surface area contributed by atoms with Gasteiger partial charge in [0.15, 0.2) is 0 Å². The van der Waals surface area contributed by atoms with Gasteiger partial charge in [0, 0.05) is 52.5 Å². The van der Waals surface area contributed by atoms with E-state index in [1.165, 1.54) is 6.42 Å². The lowest BCUT2D eigenvalue weighted by atomic mass is 9.97. The van der Waals surface area contributed by atoms with Crippen LogP contribution in [0.3, 0.4) is 0 Å². The molecular formula is C14H30N2O2. The van der Waals surface area contributed by atoms with Gasteiger partial charge in [0.25, 0.3) is 0 Å². The molecule has 1 N–H and O–H groups in total. The lowest BCUT2D eigenvalue weighted by Gasteiger charge is -2.36. The Kier molecular flexibility index (Phi) is 8.59. The van der Waals surface area contributed by atoms with Gasteiger partial charge in [-0.1, -0.05) is 20.3 Å². The first kappa shape index (κ1) is 15.9. The van der Waals surface area contributed by atoms with Crippen LogP contribution in [0.5, 0.6) is 0 Å². The number of nitrogens with zero attached hydrogens (tertiary/aromatic N) is 1. The maximum absolute atomic E-state index is 5.62. The van der Waals surface area contributed by atoms with Crippen LogP contribution in [-0.2, 0) is 9.47 Å². The number of ether oxygens (including phenoxy) is 2. The number of rotatable bonds is 9. The number of hydrogen-bond donors (Lipinski definition) is 1. The highest BCUT2D eigenvalue weighted by molar-refractivity contribution is 4.81. The molecule has 0 amide bonds. The van der Waals surface area contributed by atoms with Crippen molar-refractivity contribution in [1.82, 2.24) is 10.2 Å². The van der Waals surface area contributed by atoms with Crippen molar-refractivity contribution in [2.24, 2.45) is 5.92 Å².